The molecule has 1 aromatic carbocycles. The smallest absolute Gasteiger partial charge is 0.238 e. The van der Waals surface area contributed by atoms with Crippen LogP contribution in [-0.4, -0.2) is 18.2 Å². The Morgan fingerprint density at radius 3 is 2.48 bits per heavy atom. The van der Waals surface area contributed by atoms with Crippen LogP contribution in [0.4, 0.5) is 0 Å². The number of aromatic nitrogens is 2. The van der Waals surface area contributed by atoms with Crippen LogP contribution in [0.1, 0.15) is 35.3 Å². The van der Waals surface area contributed by atoms with Crippen LogP contribution in [0.25, 0.3) is 5.69 Å². The highest BCUT2D eigenvalue weighted by Crippen LogP contribution is 2.26. The maximum atomic E-state index is 12.6. The summed E-state index contributed by atoms with van der Waals surface area (Å²) in [6, 6.07) is 9.42. The molecule has 0 saturated heterocycles. The van der Waals surface area contributed by atoms with Crippen LogP contribution < -0.4 is 4.72 Å². The standard InChI is InChI=1S/C18H21N3O2S2/c1-12-7-5-6-8-17(12)21-15(4)16(11-19-21)14(3)20-25(22,23)18-13(2)9-10-24-18/h5-11,14,20H,1-4H3/t14-/m1/s1. The Labute approximate surface area is 152 Å². The number of rotatable bonds is 5. The van der Waals surface area contributed by atoms with E-state index in [1.807, 2.05) is 55.8 Å². The third-order valence-electron chi connectivity index (χ3n) is 4.25. The molecule has 0 aliphatic carbocycles. The van der Waals surface area contributed by atoms with Gasteiger partial charge in [0, 0.05) is 17.3 Å². The van der Waals surface area contributed by atoms with Crippen molar-refractivity contribution in [1.29, 1.82) is 0 Å². The molecule has 25 heavy (non-hydrogen) atoms. The molecular formula is C18H21N3O2S2. The number of hydrogen-bond acceptors (Lipinski definition) is 4. The minimum Gasteiger partial charge on any atom is -0.238 e. The zero-order valence-electron chi connectivity index (χ0n) is 14.6. The van der Waals surface area contributed by atoms with Crippen molar-refractivity contribution in [1.82, 2.24) is 14.5 Å². The first-order valence-corrected chi connectivity index (χ1v) is 10.3. The van der Waals surface area contributed by atoms with Gasteiger partial charge in [0.05, 0.1) is 11.9 Å². The molecule has 0 fully saturated rings. The molecule has 132 valence electrons. The number of hydrogen-bond donors (Lipinski definition) is 1. The molecule has 0 saturated carbocycles. The summed E-state index contributed by atoms with van der Waals surface area (Å²) in [5, 5.41) is 6.25. The van der Waals surface area contributed by atoms with Gasteiger partial charge < -0.3 is 0 Å². The van der Waals surface area contributed by atoms with E-state index in [9.17, 15) is 8.42 Å². The molecule has 1 atom stereocenters. The van der Waals surface area contributed by atoms with Gasteiger partial charge in [0.1, 0.15) is 4.21 Å². The van der Waals surface area contributed by atoms with Crippen molar-refractivity contribution in [3.8, 4) is 5.69 Å². The van der Waals surface area contributed by atoms with Crippen LogP contribution in [0.3, 0.4) is 0 Å². The van der Waals surface area contributed by atoms with Crippen molar-refractivity contribution in [2.24, 2.45) is 0 Å². The van der Waals surface area contributed by atoms with Crippen molar-refractivity contribution < 1.29 is 8.42 Å². The second kappa shape index (κ2) is 6.74. The quantitative estimate of drug-likeness (QED) is 0.736. The summed E-state index contributed by atoms with van der Waals surface area (Å²) < 4.78 is 30.2. The van der Waals surface area contributed by atoms with Crippen molar-refractivity contribution in [2.75, 3.05) is 0 Å². The lowest BCUT2D eigenvalue weighted by atomic mass is 10.1. The van der Waals surface area contributed by atoms with Gasteiger partial charge in [-0.1, -0.05) is 18.2 Å². The lowest BCUT2D eigenvalue weighted by Gasteiger charge is -2.14. The molecule has 7 heteroatoms. The second-order valence-electron chi connectivity index (χ2n) is 6.12. The first-order chi connectivity index (χ1) is 11.8. The van der Waals surface area contributed by atoms with Crippen LogP contribution in [-0.2, 0) is 10.0 Å². The molecule has 3 rings (SSSR count). The van der Waals surface area contributed by atoms with Gasteiger partial charge in [0.2, 0.25) is 0 Å². The molecule has 5 nitrogen and oxygen atoms in total. The molecule has 0 bridgehead atoms. The van der Waals surface area contributed by atoms with E-state index in [-0.39, 0.29) is 6.04 Å². The van der Waals surface area contributed by atoms with Gasteiger partial charge in [0.25, 0.3) is 10.0 Å². The average molecular weight is 376 g/mol. The molecule has 0 amide bonds. The van der Waals surface area contributed by atoms with E-state index in [0.29, 0.717) is 4.21 Å². The minimum atomic E-state index is -3.54. The van der Waals surface area contributed by atoms with E-state index < -0.39 is 10.0 Å². The van der Waals surface area contributed by atoms with E-state index in [2.05, 4.69) is 9.82 Å². The lowest BCUT2D eigenvalue weighted by Crippen LogP contribution is -2.27. The largest absolute Gasteiger partial charge is 0.250 e. The predicted octanol–water partition coefficient (Wildman–Crippen LogP) is 3.90. The van der Waals surface area contributed by atoms with Crippen LogP contribution in [0.15, 0.2) is 46.1 Å². The Balaban J connectivity index is 1.91. The molecule has 2 heterocycles. The van der Waals surface area contributed by atoms with Crippen molar-refractivity contribution >= 4 is 21.4 Å². The number of nitrogens with one attached hydrogen (secondary N) is 1. The Hall–Kier alpha value is -1.96. The molecule has 0 spiro atoms. The number of thiophene rings is 1. The third-order valence-corrected chi connectivity index (χ3v) is 7.48. The number of aryl methyl sites for hydroxylation is 2. The SMILES string of the molecule is Cc1ccccc1-n1ncc([C@@H](C)NS(=O)(=O)c2sccc2C)c1C. The number of nitrogens with zero attached hydrogens (tertiary/aromatic N) is 2. The van der Waals surface area contributed by atoms with E-state index in [0.717, 1.165) is 28.1 Å². The zero-order chi connectivity index (χ0) is 18.2. The summed E-state index contributed by atoms with van der Waals surface area (Å²) in [5.74, 6) is 0. The minimum absolute atomic E-state index is 0.364. The highest BCUT2D eigenvalue weighted by molar-refractivity contribution is 7.91. The summed E-state index contributed by atoms with van der Waals surface area (Å²) in [7, 11) is -3.54. The third kappa shape index (κ3) is 3.40. The van der Waals surface area contributed by atoms with E-state index >= 15 is 0 Å². The summed E-state index contributed by atoms with van der Waals surface area (Å²) in [6.07, 6.45) is 1.73. The number of para-hydroxylation sites is 1. The van der Waals surface area contributed by atoms with Crippen LogP contribution >= 0.6 is 11.3 Å². The van der Waals surface area contributed by atoms with Gasteiger partial charge in [-0.15, -0.1) is 11.3 Å². The Morgan fingerprint density at radius 2 is 1.84 bits per heavy atom. The number of sulfonamides is 1. The van der Waals surface area contributed by atoms with Gasteiger partial charge in [-0.05, 0) is 56.3 Å². The van der Waals surface area contributed by atoms with Gasteiger partial charge >= 0.3 is 0 Å². The van der Waals surface area contributed by atoms with Crippen LogP contribution in [0.2, 0.25) is 0 Å². The molecular weight excluding hydrogens is 354 g/mol. The summed E-state index contributed by atoms with van der Waals surface area (Å²) in [6.45, 7) is 7.63. The second-order valence-corrected chi connectivity index (χ2v) is 8.94. The first kappa shape index (κ1) is 17.8. The Bertz CT molecular complexity index is 1000. The Morgan fingerprint density at radius 1 is 1.12 bits per heavy atom. The van der Waals surface area contributed by atoms with Crippen LogP contribution in [0.5, 0.6) is 0 Å². The summed E-state index contributed by atoms with van der Waals surface area (Å²) >= 11 is 1.23. The van der Waals surface area contributed by atoms with E-state index in [4.69, 9.17) is 0 Å². The fourth-order valence-electron chi connectivity index (χ4n) is 2.88. The fourth-order valence-corrected chi connectivity index (χ4v) is 5.53. The maximum absolute atomic E-state index is 12.6. The molecule has 3 aromatic rings. The van der Waals surface area contributed by atoms with Gasteiger partial charge in [-0.2, -0.15) is 5.10 Å². The van der Waals surface area contributed by atoms with E-state index in [1.54, 1.807) is 18.5 Å². The molecule has 0 radical (unpaired) electrons. The van der Waals surface area contributed by atoms with Crippen molar-refractivity contribution in [3.63, 3.8) is 0 Å². The fraction of sp³-hybridized carbons (Fsp3) is 0.278. The molecule has 1 N–H and O–H groups in total. The maximum Gasteiger partial charge on any atom is 0.250 e. The topological polar surface area (TPSA) is 64.0 Å². The molecule has 2 aromatic heterocycles. The summed E-state index contributed by atoms with van der Waals surface area (Å²) in [4.78, 5) is 0. The average Bonchev–Trinajstić information content (AvgIpc) is 3.14. The van der Waals surface area contributed by atoms with E-state index in [1.165, 1.54) is 11.3 Å². The Kier molecular flexibility index (Phi) is 4.81. The molecule has 0 unspecified atom stereocenters. The lowest BCUT2D eigenvalue weighted by molar-refractivity contribution is 0.568. The normalized spacial score (nSPS) is 13.1. The highest BCUT2D eigenvalue weighted by atomic mass is 32.2. The monoisotopic (exact) mass is 375 g/mol. The molecule has 0 aliphatic heterocycles. The zero-order valence-corrected chi connectivity index (χ0v) is 16.3. The first-order valence-electron chi connectivity index (χ1n) is 7.98. The van der Waals surface area contributed by atoms with Gasteiger partial charge in [-0.25, -0.2) is 17.8 Å². The van der Waals surface area contributed by atoms with Gasteiger partial charge in [0.15, 0.2) is 0 Å². The van der Waals surface area contributed by atoms with Crippen LogP contribution in [0, 0.1) is 20.8 Å². The molecule has 0 aliphatic rings. The summed E-state index contributed by atoms with van der Waals surface area (Å²) in [5.41, 5.74) is 4.66. The highest BCUT2D eigenvalue weighted by Gasteiger charge is 2.24. The van der Waals surface area contributed by atoms with Crippen molar-refractivity contribution in [2.45, 2.75) is 37.9 Å². The van der Waals surface area contributed by atoms with Crippen molar-refractivity contribution in [3.05, 3.63) is 64.3 Å². The van der Waals surface area contributed by atoms with Gasteiger partial charge in [-0.3, -0.25) is 0 Å². The predicted molar refractivity (Wildman–Crippen MR) is 101 cm³/mol. The number of benzene rings is 1.